The molecule has 112 valence electrons. The summed E-state index contributed by atoms with van der Waals surface area (Å²) in [7, 11) is 0. The first kappa shape index (κ1) is 13.6. The van der Waals surface area contributed by atoms with Crippen LogP contribution in [0.1, 0.15) is 5.76 Å². The molecule has 3 heterocycles. The van der Waals surface area contributed by atoms with Gasteiger partial charge in [0.25, 0.3) is 0 Å². The van der Waals surface area contributed by atoms with Crippen molar-refractivity contribution in [3.05, 3.63) is 66.4 Å². The zero-order valence-corrected chi connectivity index (χ0v) is 12.3. The third-order valence-corrected chi connectivity index (χ3v) is 3.76. The minimum Gasteiger partial charge on any atom is -0.359 e. The van der Waals surface area contributed by atoms with Gasteiger partial charge in [-0.15, -0.1) is 0 Å². The Morgan fingerprint density at radius 2 is 1.70 bits per heavy atom. The van der Waals surface area contributed by atoms with Crippen molar-refractivity contribution >= 4 is 11.0 Å². The molecular weight excluding hydrogens is 293 g/mol. The van der Waals surface area contributed by atoms with Gasteiger partial charge in [0.05, 0.1) is 11.1 Å². The Morgan fingerprint density at radius 3 is 2.43 bits per heavy atom. The van der Waals surface area contributed by atoms with E-state index in [0.29, 0.717) is 11.4 Å². The maximum absolute atomic E-state index is 13.2. The highest BCUT2D eigenvalue weighted by Gasteiger charge is 2.15. The Labute approximate surface area is 131 Å². The molecule has 4 rings (SSSR count). The van der Waals surface area contributed by atoms with Gasteiger partial charge < -0.3 is 4.52 Å². The molecule has 0 amide bonds. The molecular formula is C18H12FN3O. The van der Waals surface area contributed by atoms with Crippen molar-refractivity contribution < 1.29 is 8.91 Å². The molecule has 0 saturated carbocycles. The molecule has 0 fully saturated rings. The second-order valence-corrected chi connectivity index (χ2v) is 5.24. The van der Waals surface area contributed by atoms with Crippen LogP contribution in [0, 0.1) is 12.7 Å². The maximum atomic E-state index is 13.2. The molecule has 3 aromatic heterocycles. The normalized spacial score (nSPS) is 11.0. The van der Waals surface area contributed by atoms with Gasteiger partial charge in [-0.25, -0.2) is 9.37 Å². The van der Waals surface area contributed by atoms with Crippen molar-refractivity contribution in [2.75, 3.05) is 0 Å². The van der Waals surface area contributed by atoms with Gasteiger partial charge in [-0.3, -0.25) is 4.98 Å². The van der Waals surface area contributed by atoms with Crippen LogP contribution in [0.2, 0.25) is 0 Å². The van der Waals surface area contributed by atoms with Gasteiger partial charge in [0.1, 0.15) is 11.6 Å². The SMILES string of the molecule is Cc1onc2nc(-c3ccc(F)cc3)c(-c3ccncc3)cc12. The predicted octanol–water partition coefficient (Wildman–Crippen LogP) is 4.40. The van der Waals surface area contributed by atoms with E-state index in [0.717, 1.165) is 27.8 Å². The van der Waals surface area contributed by atoms with Crippen LogP contribution in [0.3, 0.4) is 0 Å². The van der Waals surface area contributed by atoms with E-state index in [1.165, 1.54) is 12.1 Å². The van der Waals surface area contributed by atoms with Crippen LogP contribution in [0.5, 0.6) is 0 Å². The van der Waals surface area contributed by atoms with Crippen LogP contribution in [0.15, 0.2) is 59.4 Å². The first-order valence-electron chi connectivity index (χ1n) is 7.16. The van der Waals surface area contributed by atoms with E-state index in [9.17, 15) is 4.39 Å². The smallest absolute Gasteiger partial charge is 0.203 e. The molecule has 4 nitrogen and oxygen atoms in total. The van der Waals surface area contributed by atoms with Crippen molar-refractivity contribution in [3.63, 3.8) is 0 Å². The van der Waals surface area contributed by atoms with Crippen molar-refractivity contribution in [1.29, 1.82) is 0 Å². The Balaban J connectivity index is 2.02. The Morgan fingerprint density at radius 1 is 0.957 bits per heavy atom. The fourth-order valence-electron chi connectivity index (χ4n) is 2.57. The molecule has 0 aliphatic carbocycles. The summed E-state index contributed by atoms with van der Waals surface area (Å²) in [4.78, 5) is 8.68. The molecule has 0 saturated heterocycles. The van der Waals surface area contributed by atoms with Crippen LogP contribution in [0.4, 0.5) is 4.39 Å². The van der Waals surface area contributed by atoms with Crippen molar-refractivity contribution in [2.24, 2.45) is 0 Å². The molecule has 23 heavy (non-hydrogen) atoms. The van der Waals surface area contributed by atoms with Crippen molar-refractivity contribution in [2.45, 2.75) is 6.92 Å². The zero-order chi connectivity index (χ0) is 15.8. The summed E-state index contributed by atoms with van der Waals surface area (Å²) in [5, 5.41) is 4.85. The summed E-state index contributed by atoms with van der Waals surface area (Å²) in [5.41, 5.74) is 4.00. The standard InChI is InChI=1S/C18H12FN3O/c1-11-15-10-16(12-6-8-20-9-7-12)17(21-18(15)22-23-11)13-2-4-14(19)5-3-13/h2-10H,1H3. The number of fused-ring (bicyclic) bond motifs is 1. The number of aryl methyl sites for hydroxylation is 1. The van der Waals surface area contributed by atoms with Crippen LogP contribution < -0.4 is 0 Å². The van der Waals surface area contributed by atoms with Crippen LogP contribution in [-0.4, -0.2) is 15.1 Å². The number of pyridine rings is 2. The van der Waals surface area contributed by atoms with E-state index in [2.05, 4.69) is 15.1 Å². The minimum atomic E-state index is -0.280. The lowest BCUT2D eigenvalue weighted by atomic mass is 9.99. The van der Waals surface area contributed by atoms with E-state index in [1.54, 1.807) is 24.5 Å². The quantitative estimate of drug-likeness (QED) is 0.551. The van der Waals surface area contributed by atoms with Gasteiger partial charge in [-0.2, -0.15) is 0 Å². The number of hydrogen-bond acceptors (Lipinski definition) is 4. The number of hydrogen-bond donors (Lipinski definition) is 0. The van der Waals surface area contributed by atoms with Gasteiger partial charge >= 0.3 is 0 Å². The fourth-order valence-corrected chi connectivity index (χ4v) is 2.57. The number of benzene rings is 1. The number of aromatic nitrogens is 3. The number of halogens is 1. The fraction of sp³-hybridized carbons (Fsp3) is 0.0556. The molecule has 1 aromatic carbocycles. The molecule has 0 spiro atoms. The van der Waals surface area contributed by atoms with E-state index in [4.69, 9.17) is 4.52 Å². The second kappa shape index (κ2) is 5.28. The molecule has 0 radical (unpaired) electrons. The highest BCUT2D eigenvalue weighted by Crippen LogP contribution is 2.33. The summed E-state index contributed by atoms with van der Waals surface area (Å²) in [5.74, 6) is 0.436. The van der Waals surface area contributed by atoms with Crippen LogP contribution in [0.25, 0.3) is 33.4 Å². The molecule has 0 N–H and O–H groups in total. The first-order chi connectivity index (χ1) is 11.2. The summed E-state index contributed by atoms with van der Waals surface area (Å²) in [6, 6.07) is 12.1. The van der Waals surface area contributed by atoms with Gasteiger partial charge in [-0.05, 0) is 55.0 Å². The Kier molecular flexibility index (Phi) is 3.12. The monoisotopic (exact) mass is 305 g/mol. The third kappa shape index (κ3) is 2.36. The topological polar surface area (TPSA) is 51.8 Å². The minimum absolute atomic E-state index is 0.280. The average molecular weight is 305 g/mol. The maximum Gasteiger partial charge on any atom is 0.203 e. The molecule has 5 heteroatoms. The largest absolute Gasteiger partial charge is 0.359 e. The van der Waals surface area contributed by atoms with E-state index in [-0.39, 0.29) is 5.82 Å². The summed E-state index contributed by atoms with van der Waals surface area (Å²) < 4.78 is 18.5. The lowest BCUT2D eigenvalue weighted by molar-refractivity contribution is 0.404. The highest BCUT2D eigenvalue weighted by atomic mass is 19.1. The zero-order valence-electron chi connectivity index (χ0n) is 12.3. The Hall–Kier alpha value is -3.08. The van der Waals surface area contributed by atoms with E-state index < -0.39 is 0 Å². The molecule has 0 atom stereocenters. The number of nitrogens with zero attached hydrogens (tertiary/aromatic N) is 3. The summed E-state index contributed by atoms with van der Waals surface area (Å²) in [6.07, 6.45) is 3.46. The summed E-state index contributed by atoms with van der Waals surface area (Å²) in [6.45, 7) is 1.85. The molecule has 0 bridgehead atoms. The number of rotatable bonds is 2. The third-order valence-electron chi connectivity index (χ3n) is 3.76. The molecule has 0 aliphatic heterocycles. The van der Waals surface area contributed by atoms with Gasteiger partial charge in [-0.1, -0.05) is 5.16 Å². The lowest BCUT2D eigenvalue weighted by Crippen LogP contribution is -1.91. The molecule has 0 unspecified atom stereocenters. The van der Waals surface area contributed by atoms with Crippen LogP contribution in [-0.2, 0) is 0 Å². The lowest BCUT2D eigenvalue weighted by Gasteiger charge is -2.09. The van der Waals surface area contributed by atoms with Gasteiger partial charge in [0.15, 0.2) is 0 Å². The predicted molar refractivity (Wildman–Crippen MR) is 85.2 cm³/mol. The van der Waals surface area contributed by atoms with E-state index in [1.807, 2.05) is 25.1 Å². The Bertz CT molecular complexity index is 979. The first-order valence-corrected chi connectivity index (χ1v) is 7.16. The average Bonchev–Trinajstić information content (AvgIpc) is 2.96. The van der Waals surface area contributed by atoms with Crippen molar-refractivity contribution in [1.82, 2.24) is 15.1 Å². The molecule has 0 aliphatic rings. The van der Waals surface area contributed by atoms with Crippen LogP contribution >= 0.6 is 0 Å². The van der Waals surface area contributed by atoms with Gasteiger partial charge in [0.2, 0.25) is 5.65 Å². The second-order valence-electron chi connectivity index (χ2n) is 5.24. The summed E-state index contributed by atoms with van der Waals surface area (Å²) >= 11 is 0. The van der Waals surface area contributed by atoms with Gasteiger partial charge in [0, 0.05) is 23.5 Å². The van der Waals surface area contributed by atoms with Crippen molar-refractivity contribution in [3.8, 4) is 22.4 Å². The van der Waals surface area contributed by atoms with E-state index >= 15 is 0 Å². The highest BCUT2D eigenvalue weighted by molar-refractivity contribution is 5.90. The molecule has 4 aromatic rings.